The van der Waals surface area contributed by atoms with Gasteiger partial charge < -0.3 is 15.1 Å². The van der Waals surface area contributed by atoms with Gasteiger partial charge in [0.1, 0.15) is 0 Å². The summed E-state index contributed by atoms with van der Waals surface area (Å²) in [5.74, 6) is -0.0644. The lowest BCUT2D eigenvalue weighted by Gasteiger charge is -2.35. The van der Waals surface area contributed by atoms with Crippen molar-refractivity contribution in [2.45, 2.75) is 20.3 Å². The third kappa shape index (κ3) is 4.17. The number of halogens is 1. The fourth-order valence-corrected chi connectivity index (χ4v) is 4.28. The minimum absolute atomic E-state index is 0.0644. The molecule has 0 atom stereocenters. The third-order valence-electron chi connectivity index (χ3n) is 4.62. The zero-order valence-corrected chi connectivity index (χ0v) is 16.5. The van der Waals surface area contributed by atoms with E-state index >= 15 is 0 Å². The predicted octanol–water partition coefficient (Wildman–Crippen LogP) is 4.28. The first-order valence-corrected chi connectivity index (χ1v) is 9.81. The molecule has 0 spiro atoms. The van der Waals surface area contributed by atoms with Crippen LogP contribution in [0, 0.1) is 6.92 Å². The molecule has 25 heavy (non-hydrogen) atoms. The Hall–Kier alpha value is -1.56. The lowest BCUT2D eigenvalue weighted by atomic mass is 10.2. The van der Waals surface area contributed by atoms with Gasteiger partial charge in [-0.05, 0) is 50.2 Å². The number of thiophene rings is 1. The molecule has 1 fully saturated rings. The van der Waals surface area contributed by atoms with Crippen LogP contribution < -0.4 is 10.2 Å². The van der Waals surface area contributed by atoms with Gasteiger partial charge in [-0.2, -0.15) is 0 Å². The quantitative estimate of drug-likeness (QED) is 0.863. The van der Waals surface area contributed by atoms with E-state index in [0.717, 1.165) is 48.9 Å². The zero-order valence-electron chi connectivity index (χ0n) is 14.9. The molecule has 4 nitrogen and oxygen atoms in total. The summed E-state index contributed by atoms with van der Waals surface area (Å²) in [5.41, 5.74) is 3.00. The Bertz CT molecular complexity index is 766. The summed E-state index contributed by atoms with van der Waals surface area (Å²) in [7, 11) is 2.13. The van der Waals surface area contributed by atoms with Crippen LogP contribution in [-0.4, -0.2) is 44.0 Å². The molecule has 1 N–H and O–H groups in total. The maximum atomic E-state index is 12.7. The molecule has 0 bridgehead atoms. The number of hydrogen-bond acceptors (Lipinski definition) is 4. The van der Waals surface area contributed by atoms with Gasteiger partial charge in [-0.1, -0.05) is 18.5 Å². The predicted molar refractivity (Wildman–Crippen MR) is 108 cm³/mol. The molecule has 0 aliphatic carbocycles. The van der Waals surface area contributed by atoms with Crippen LogP contribution in [0.3, 0.4) is 0 Å². The van der Waals surface area contributed by atoms with Gasteiger partial charge in [0.15, 0.2) is 0 Å². The van der Waals surface area contributed by atoms with Gasteiger partial charge in [0.2, 0.25) is 0 Å². The van der Waals surface area contributed by atoms with Crippen LogP contribution in [0.5, 0.6) is 0 Å². The van der Waals surface area contributed by atoms with Crippen molar-refractivity contribution in [3.63, 3.8) is 0 Å². The summed E-state index contributed by atoms with van der Waals surface area (Å²) in [6.07, 6.45) is 0.952. The summed E-state index contributed by atoms with van der Waals surface area (Å²) in [5, 5.41) is 3.70. The van der Waals surface area contributed by atoms with Crippen molar-refractivity contribution < 1.29 is 4.79 Å². The second kappa shape index (κ2) is 7.77. The van der Waals surface area contributed by atoms with E-state index in [0.29, 0.717) is 5.02 Å². The zero-order chi connectivity index (χ0) is 18.0. The molecule has 6 heteroatoms. The van der Waals surface area contributed by atoms with E-state index in [1.54, 1.807) is 11.3 Å². The highest BCUT2D eigenvalue weighted by atomic mass is 35.5. The number of rotatable bonds is 4. The Morgan fingerprint density at radius 3 is 2.60 bits per heavy atom. The Balaban J connectivity index is 1.83. The number of benzene rings is 1. The van der Waals surface area contributed by atoms with Crippen molar-refractivity contribution in [1.82, 2.24) is 4.90 Å². The number of nitrogens with one attached hydrogen (secondary N) is 1. The molecule has 1 aromatic carbocycles. The van der Waals surface area contributed by atoms with Crippen LogP contribution >= 0.6 is 22.9 Å². The van der Waals surface area contributed by atoms with E-state index in [9.17, 15) is 4.79 Å². The van der Waals surface area contributed by atoms with E-state index in [2.05, 4.69) is 36.0 Å². The number of carbonyl (C=O) groups is 1. The first-order valence-electron chi connectivity index (χ1n) is 8.61. The standard InChI is InChI=1S/C19H24ClN3OS/c1-4-17-13(2)11-18(25-17)19(24)21-15-12-14(20)5-6-16(15)23-9-7-22(3)8-10-23/h5-6,11-12H,4,7-10H2,1-3H3,(H,21,24). The lowest BCUT2D eigenvalue weighted by Crippen LogP contribution is -2.44. The molecule has 1 amide bonds. The lowest BCUT2D eigenvalue weighted by molar-refractivity contribution is 0.103. The van der Waals surface area contributed by atoms with Crippen LogP contribution in [0.4, 0.5) is 11.4 Å². The molecule has 1 saturated heterocycles. The molecule has 0 saturated carbocycles. The van der Waals surface area contributed by atoms with Crippen LogP contribution in [0.2, 0.25) is 5.02 Å². The normalized spacial score (nSPS) is 15.4. The molecule has 1 aromatic heterocycles. The Morgan fingerprint density at radius 2 is 1.96 bits per heavy atom. The maximum Gasteiger partial charge on any atom is 0.265 e. The van der Waals surface area contributed by atoms with E-state index < -0.39 is 0 Å². The van der Waals surface area contributed by atoms with Gasteiger partial charge >= 0.3 is 0 Å². The summed E-state index contributed by atoms with van der Waals surface area (Å²) >= 11 is 7.75. The van der Waals surface area contributed by atoms with Crippen molar-refractivity contribution >= 4 is 40.2 Å². The minimum atomic E-state index is -0.0644. The average molecular weight is 378 g/mol. The summed E-state index contributed by atoms with van der Waals surface area (Å²) in [6, 6.07) is 7.70. The number of aryl methyl sites for hydroxylation is 2. The number of hydrogen-bond donors (Lipinski definition) is 1. The van der Waals surface area contributed by atoms with Gasteiger partial charge in [0.05, 0.1) is 16.3 Å². The smallest absolute Gasteiger partial charge is 0.265 e. The SMILES string of the molecule is CCc1sc(C(=O)Nc2cc(Cl)ccc2N2CCN(C)CC2)cc1C. The highest BCUT2D eigenvalue weighted by Gasteiger charge is 2.19. The van der Waals surface area contributed by atoms with Gasteiger partial charge in [-0.3, -0.25) is 4.79 Å². The molecule has 0 unspecified atom stereocenters. The fourth-order valence-electron chi connectivity index (χ4n) is 3.10. The van der Waals surface area contributed by atoms with Crippen LogP contribution in [-0.2, 0) is 6.42 Å². The van der Waals surface area contributed by atoms with Crippen LogP contribution in [0.1, 0.15) is 27.0 Å². The van der Waals surface area contributed by atoms with Crippen molar-refractivity contribution in [1.29, 1.82) is 0 Å². The summed E-state index contributed by atoms with van der Waals surface area (Å²) < 4.78 is 0. The molecule has 2 heterocycles. The molecule has 1 aliphatic rings. The van der Waals surface area contributed by atoms with E-state index in [-0.39, 0.29) is 5.91 Å². The highest BCUT2D eigenvalue weighted by molar-refractivity contribution is 7.14. The first-order chi connectivity index (χ1) is 12.0. The molecule has 3 rings (SSSR count). The van der Waals surface area contributed by atoms with Gasteiger partial charge in [-0.15, -0.1) is 11.3 Å². The Labute approximate surface area is 158 Å². The number of carbonyl (C=O) groups excluding carboxylic acids is 1. The van der Waals surface area contributed by atoms with Crippen molar-refractivity contribution in [2.24, 2.45) is 0 Å². The Kier molecular flexibility index (Phi) is 5.67. The van der Waals surface area contributed by atoms with E-state index in [1.807, 2.05) is 24.3 Å². The average Bonchev–Trinajstić information content (AvgIpc) is 2.97. The molecule has 0 radical (unpaired) electrons. The van der Waals surface area contributed by atoms with Gasteiger partial charge in [0, 0.05) is 36.1 Å². The van der Waals surface area contributed by atoms with Crippen molar-refractivity contribution in [3.8, 4) is 0 Å². The summed E-state index contributed by atoms with van der Waals surface area (Å²) in [6.45, 7) is 8.09. The highest BCUT2D eigenvalue weighted by Crippen LogP contribution is 2.31. The number of anilines is 2. The van der Waals surface area contributed by atoms with Crippen LogP contribution in [0.15, 0.2) is 24.3 Å². The molecular formula is C19H24ClN3OS. The van der Waals surface area contributed by atoms with Gasteiger partial charge in [0.25, 0.3) is 5.91 Å². The number of amides is 1. The molecule has 134 valence electrons. The topological polar surface area (TPSA) is 35.6 Å². The van der Waals surface area contributed by atoms with E-state index in [4.69, 9.17) is 11.6 Å². The number of piperazine rings is 1. The monoisotopic (exact) mass is 377 g/mol. The Morgan fingerprint density at radius 1 is 1.24 bits per heavy atom. The maximum absolute atomic E-state index is 12.7. The second-order valence-electron chi connectivity index (χ2n) is 6.48. The minimum Gasteiger partial charge on any atom is -0.367 e. The first kappa shape index (κ1) is 18.2. The number of nitrogens with zero attached hydrogens (tertiary/aromatic N) is 2. The van der Waals surface area contributed by atoms with Crippen molar-refractivity contribution in [2.75, 3.05) is 43.4 Å². The number of likely N-dealkylation sites (N-methyl/N-ethyl adjacent to an activating group) is 1. The molecule has 2 aromatic rings. The van der Waals surface area contributed by atoms with E-state index in [1.165, 1.54) is 10.4 Å². The summed E-state index contributed by atoms with van der Waals surface area (Å²) in [4.78, 5) is 19.4. The van der Waals surface area contributed by atoms with Gasteiger partial charge in [-0.25, -0.2) is 0 Å². The third-order valence-corrected chi connectivity index (χ3v) is 6.23. The van der Waals surface area contributed by atoms with Crippen molar-refractivity contribution in [3.05, 3.63) is 44.6 Å². The van der Waals surface area contributed by atoms with Crippen LogP contribution in [0.25, 0.3) is 0 Å². The fraction of sp³-hybridized carbons (Fsp3) is 0.421. The molecular weight excluding hydrogens is 354 g/mol. The molecule has 1 aliphatic heterocycles. The second-order valence-corrected chi connectivity index (χ2v) is 8.05. The largest absolute Gasteiger partial charge is 0.367 e.